The molecule has 2 unspecified atom stereocenters. The molecule has 0 heterocycles. The molecule has 3 rings (SSSR count). The van der Waals surface area contributed by atoms with Gasteiger partial charge in [-0.3, -0.25) is 0 Å². The Morgan fingerprint density at radius 3 is 2.85 bits per heavy atom. The van der Waals surface area contributed by atoms with Crippen molar-refractivity contribution in [2.75, 3.05) is 6.61 Å². The van der Waals surface area contributed by atoms with Gasteiger partial charge in [-0.05, 0) is 48.1 Å². The Bertz CT molecular complexity index is 597. The molecule has 1 aliphatic carbocycles. The van der Waals surface area contributed by atoms with Crippen molar-refractivity contribution in [3.05, 3.63) is 64.7 Å². The minimum absolute atomic E-state index is 0.305. The van der Waals surface area contributed by atoms with Gasteiger partial charge < -0.3 is 9.84 Å². The van der Waals surface area contributed by atoms with Crippen LogP contribution in [0.2, 0.25) is 5.02 Å². The third kappa shape index (κ3) is 2.97. The Hall–Kier alpha value is -1.51. The number of rotatable bonds is 5. The molecule has 3 heteroatoms. The fourth-order valence-electron chi connectivity index (χ4n) is 2.72. The monoisotopic (exact) mass is 288 g/mol. The quantitative estimate of drug-likeness (QED) is 0.906. The van der Waals surface area contributed by atoms with Gasteiger partial charge in [0.05, 0.1) is 6.10 Å². The Morgan fingerprint density at radius 2 is 2.05 bits per heavy atom. The van der Waals surface area contributed by atoms with Gasteiger partial charge in [0.15, 0.2) is 0 Å². The second-order valence-electron chi connectivity index (χ2n) is 5.26. The molecule has 0 fully saturated rings. The van der Waals surface area contributed by atoms with Gasteiger partial charge in [-0.15, -0.1) is 0 Å². The van der Waals surface area contributed by atoms with E-state index < -0.39 is 6.10 Å². The molecule has 1 aliphatic rings. The van der Waals surface area contributed by atoms with E-state index in [2.05, 4.69) is 24.3 Å². The van der Waals surface area contributed by atoms with E-state index in [-0.39, 0.29) is 0 Å². The molecule has 0 spiro atoms. The lowest BCUT2D eigenvalue weighted by Crippen LogP contribution is -2.26. The van der Waals surface area contributed by atoms with Crippen molar-refractivity contribution in [3.63, 3.8) is 0 Å². The lowest BCUT2D eigenvalue weighted by molar-refractivity contribution is 0.0913. The third-order valence-electron chi connectivity index (χ3n) is 3.76. The SMILES string of the molecule is OC(COc1cccc(Cl)c1)CC1Cc2ccccc21. The normalized spacial score (nSPS) is 18.0. The van der Waals surface area contributed by atoms with Gasteiger partial charge in [0, 0.05) is 5.02 Å². The number of benzene rings is 2. The number of aliphatic hydroxyl groups is 1. The number of fused-ring (bicyclic) bond motifs is 1. The highest BCUT2D eigenvalue weighted by Crippen LogP contribution is 2.37. The lowest BCUT2D eigenvalue weighted by atomic mass is 9.75. The van der Waals surface area contributed by atoms with E-state index in [4.69, 9.17) is 16.3 Å². The minimum atomic E-state index is -0.452. The van der Waals surface area contributed by atoms with E-state index in [1.165, 1.54) is 11.1 Å². The Morgan fingerprint density at radius 1 is 1.20 bits per heavy atom. The molecule has 104 valence electrons. The topological polar surface area (TPSA) is 29.5 Å². The highest BCUT2D eigenvalue weighted by atomic mass is 35.5. The first-order valence-electron chi connectivity index (χ1n) is 6.86. The standard InChI is InChI=1S/C17H17ClO2/c18-14-5-3-6-16(10-14)20-11-15(19)9-13-8-12-4-1-2-7-17(12)13/h1-7,10,13,15,19H,8-9,11H2. The van der Waals surface area contributed by atoms with Crippen molar-refractivity contribution >= 4 is 11.6 Å². The molecular formula is C17H17ClO2. The van der Waals surface area contributed by atoms with Crippen LogP contribution in [0.25, 0.3) is 0 Å². The Balaban J connectivity index is 1.50. The van der Waals surface area contributed by atoms with Crippen LogP contribution in [-0.4, -0.2) is 17.8 Å². The van der Waals surface area contributed by atoms with Gasteiger partial charge in [0.2, 0.25) is 0 Å². The number of ether oxygens (including phenoxy) is 1. The second kappa shape index (κ2) is 5.86. The summed E-state index contributed by atoms with van der Waals surface area (Å²) in [5.74, 6) is 1.16. The molecule has 2 atom stereocenters. The molecule has 2 aromatic rings. The van der Waals surface area contributed by atoms with E-state index >= 15 is 0 Å². The minimum Gasteiger partial charge on any atom is -0.491 e. The van der Waals surface area contributed by atoms with Gasteiger partial charge in [0.1, 0.15) is 12.4 Å². The largest absolute Gasteiger partial charge is 0.491 e. The molecule has 20 heavy (non-hydrogen) atoms. The third-order valence-corrected chi connectivity index (χ3v) is 3.99. The van der Waals surface area contributed by atoms with Gasteiger partial charge in [0.25, 0.3) is 0 Å². The summed E-state index contributed by atoms with van der Waals surface area (Å²) in [6.07, 6.45) is 1.36. The number of hydrogen-bond donors (Lipinski definition) is 1. The lowest BCUT2D eigenvalue weighted by Gasteiger charge is -2.31. The Kier molecular flexibility index (Phi) is 3.95. The molecule has 0 saturated carbocycles. The molecule has 1 N–H and O–H groups in total. The second-order valence-corrected chi connectivity index (χ2v) is 5.69. The summed E-state index contributed by atoms with van der Waals surface area (Å²) in [5.41, 5.74) is 2.77. The number of aliphatic hydroxyl groups excluding tert-OH is 1. The summed E-state index contributed by atoms with van der Waals surface area (Å²) in [5, 5.41) is 10.7. The summed E-state index contributed by atoms with van der Waals surface area (Å²) >= 11 is 5.89. The van der Waals surface area contributed by atoms with Gasteiger partial charge in [-0.1, -0.05) is 41.9 Å². The summed E-state index contributed by atoms with van der Waals surface area (Å²) in [7, 11) is 0. The summed E-state index contributed by atoms with van der Waals surface area (Å²) in [6.45, 7) is 0.305. The predicted octanol–water partition coefficient (Wildman–Crippen LogP) is 3.81. The van der Waals surface area contributed by atoms with Crippen LogP contribution in [0.4, 0.5) is 0 Å². The van der Waals surface area contributed by atoms with Crippen LogP contribution in [0.3, 0.4) is 0 Å². The molecule has 2 nitrogen and oxygen atoms in total. The van der Waals surface area contributed by atoms with Crippen LogP contribution < -0.4 is 4.74 Å². The van der Waals surface area contributed by atoms with Gasteiger partial charge in [-0.2, -0.15) is 0 Å². The predicted molar refractivity (Wildman–Crippen MR) is 80.5 cm³/mol. The van der Waals surface area contributed by atoms with E-state index in [0.717, 1.165) is 12.8 Å². The Labute approximate surface area is 124 Å². The zero-order valence-electron chi connectivity index (χ0n) is 11.1. The average molecular weight is 289 g/mol. The maximum atomic E-state index is 10.1. The molecule has 0 aliphatic heterocycles. The van der Waals surface area contributed by atoms with Crippen molar-refractivity contribution < 1.29 is 9.84 Å². The molecule has 0 saturated heterocycles. The maximum Gasteiger partial charge on any atom is 0.120 e. The summed E-state index contributed by atoms with van der Waals surface area (Å²) in [4.78, 5) is 0. The number of halogens is 1. The highest BCUT2D eigenvalue weighted by molar-refractivity contribution is 6.30. The van der Waals surface area contributed by atoms with E-state index in [0.29, 0.717) is 23.3 Å². The zero-order valence-corrected chi connectivity index (χ0v) is 11.9. The van der Waals surface area contributed by atoms with Gasteiger partial charge >= 0.3 is 0 Å². The van der Waals surface area contributed by atoms with Crippen molar-refractivity contribution in [2.45, 2.75) is 24.9 Å². The molecule has 0 bridgehead atoms. The van der Waals surface area contributed by atoms with Crippen LogP contribution >= 0.6 is 11.6 Å². The van der Waals surface area contributed by atoms with E-state index in [1.54, 1.807) is 12.1 Å². The van der Waals surface area contributed by atoms with Crippen LogP contribution in [0, 0.1) is 0 Å². The summed E-state index contributed by atoms with van der Waals surface area (Å²) in [6, 6.07) is 15.7. The maximum absolute atomic E-state index is 10.1. The van der Waals surface area contributed by atoms with E-state index in [9.17, 15) is 5.11 Å². The van der Waals surface area contributed by atoms with Crippen LogP contribution in [0.1, 0.15) is 23.5 Å². The molecular weight excluding hydrogens is 272 g/mol. The van der Waals surface area contributed by atoms with E-state index in [1.807, 2.05) is 12.1 Å². The molecule has 0 amide bonds. The first kappa shape index (κ1) is 13.5. The fraction of sp³-hybridized carbons (Fsp3) is 0.294. The van der Waals surface area contributed by atoms with Crippen molar-refractivity contribution in [3.8, 4) is 5.75 Å². The van der Waals surface area contributed by atoms with Crippen molar-refractivity contribution in [1.29, 1.82) is 0 Å². The van der Waals surface area contributed by atoms with Crippen LogP contribution in [-0.2, 0) is 6.42 Å². The average Bonchev–Trinajstić information content (AvgIpc) is 2.43. The molecule has 0 radical (unpaired) electrons. The van der Waals surface area contributed by atoms with Crippen molar-refractivity contribution in [2.24, 2.45) is 0 Å². The fourth-order valence-corrected chi connectivity index (χ4v) is 2.90. The molecule has 0 aromatic heterocycles. The number of hydrogen-bond acceptors (Lipinski definition) is 2. The van der Waals surface area contributed by atoms with Crippen LogP contribution in [0.5, 0.6) is 5.75 Å². The zero-order chi connectivity index (χ0) is 13.9. The first-order chi connectivity index (χ1) is 9.72. The van der Waals surface area contributed by atoms with Crippen LogP contribution in [0.15, 0.2) is 48.5 Å². The highest BCUT2D eigenvalue weighted by Gasteiger charge is 2.27. The molecule has 2 aromatic carbocycles. The first-order valence-corrected chi connectivity index (χ1v) is 7.24. The summed E-state index contributed by atoms with van der Waals surface area (Å²) < 4.78 is 5.57. The van der Waals surface area contributed by atoms with Crippen molar-refractivity contribution in [1.82, 2.24) is 0 Å². The smallest absolute Gasteiger partial charge is 0.120 e. The van der Waals surface area contributed by atoms with Gasteiger partial charge in [-0.25, -0.2) is 0 Å².